The Kier molecular flexibility index (Phi) is 7.91. The molecule has 13 heteroatoms. The van der Waals surface area contributed by atoms with Crippen LogP contribution in [0.5, 0.6) is 11.5 Å². The molecule has 1 aromatic heterocycles. The van der Waals surface area contributed by atoms with Crippen LogP contribution in [0.3, 0.4) is 0 Å². The van der Waals surface area contributed by atoms with Crippen LogP contribution in [0, 0.1) is 17.0 Å². The van der Waals surface area contributed by atoms with Crippen molar-refractivity contribution in [1.82, 2.24) is 19.9 Å². The summed E-state index contributed by atoms with van der Waals surface area (Å²) in [5, 5.41) is 14.9. The predicted molar refractivity (Wildman–Crippen MR) is 115 cm³/mol. The number of benzene rings is 1. The molecule has 0 unspecified atom stereocenters. The Morgan fingerprint density at radius 2 is 2.09 bits per heavy atom. The Balaban J connectivity index is 1.55. The summed E-state index contributed by atoms with van der Waals surface area (Å²) in [5.74, 6) is 0.159. The van der Waals surface area contributed by atoms with E-state index in [-0.39, 0.29) is 24.9 Å². The van der Waals surface area contributed by atoms with Crippen LogP contribution in [-0.2, 0) is 20.9 Å². The number of carbonyl (C=O) groups is 2. The highest BCUT2D eigenvalue weighted by atomic mass is 16.6. The molecule has 3 rings (SSSR count). The lowest BCUT2D eigenvalue weighted by atomic mass is 10.2. The number of hydrazone groups is 1. The zero-order chi connectivity index (χ0) is 23.8. The zero-order valence-electron chi connectivity index (χ0n) is 18.2. The third-order valence-electron chi connectivity index (χ3n) is 4.83. The highest BCUT2D eigenvalue weighted by Crippen LogP contribution is 2.27. The smallest absolute Gasteiger partial charge is 0.343 e. The highest BCUT2D eigenvalue weighted by molar-refractivity contribution is 5.83. The zero-order valence-corrected chi connectivity index (χ0v) is 18.2. The maximum Gasteiger partial charge on any atom is 0.343 e. The van der Waals surface area contributed by atoms with Gasteiger partial charge in [0, 0.05) is 20.0 Å². The van der Waals surface area contributed by atoms with E-state index in [4.69, 9.17) is 14.2 Å². The summed E-state index contributed by atoms with van der Waals surface area (Å²) in [6.45, 7) is 3.24. The van der Waals surface area contributed by atoms with Crippen molar-refractivity contribution in [2.45, 2.75) is 13.5 Å². The second-order valence-corrected chi connectivity index (χ2v) is 6.99. The van der Waals surface area contributed by atoms with Crippen LogP contribution in [0.1, 0.15) is 11.4 Å². The first-order valence-electron chi connectivity index (χ1n) is 10.0. The van der Waals surface area contributed by atoms with Gasteiger partial charge in [-0.2, -0.15) is 5.10 Å². The first kappa shape index (κ1) is 23.7. The van der Waals surface area contributed by atoms with Crippen molar-refractivity contribution in [3.63, 3.8) is 0 Å². The van der Waals surface area contributed by atoms with Crippen LogP contribution in [-0.4, -0.2) is 77.4 Å². The van der Waals surface area contributed by atoms with Crippen molar-refractivity contribution < 1.29 is 28.7 Å². The van der Waals surface area contributed by atoms with E-state index in [9.17, 15) is 19.7 Å². The number of rotatable bonds is 9. The first-order chi connectivity index (χ1) is 15.9. The number of amides is 2. The maximum absolute atomic E-state index is 12.2. The molecule has 1 N–H and O–H groups in total. The molecule has 1 aliphatic rings. The summed E-state index contributed by atoms with van der Waals surface area (Å²) < 4.78 is 17.3. The Bertz CT molecular complexity index is 1050. The van der Waals surface area contributed by atoms with Crippen LogP contribution in [0.15, 0.2) is 29.5 Å². The number of morpholine rings is 1. The van der Waals surface area contributed by atoms with E-state index in [1.54, 1.807) is 30.0 Å². The van der Waals surface area contributed by atoms with Gasteiger partial charge in [0.05, 0.1) is 26.5 Å². The summed E-state index contributed by atoms with van der Waals surface area (Å²) in [6, 6.07) is 4.94. The lowest BCUT2D eigenvalue weighted by molar-refractivity contribution is -0.392. The van der Waals surface area contributed by atoms with E-state index in [0.717, 1.165) is 6.20 Å². The summed E-state index contributed by atoms with van der Waals surface area (Å²) in [6.07, 6.45) is 2.48. The molecular weight excluding hydrogens is 436 g/mol. The molecule has 2 amide bonds. The van der Waals surface area contributed by atoms with Crippen molar-refractivity contribution in [2.24, 2.45) is 5.10 Å². The number of imidazole rings is 1. The van der Waals surface area contributed by atoms with Gasteiger partial charge in [-0.25, -0.2) is 15.0 Å². The number of nitro groups is 1. The summed E-state index contributed by atoms with van der Waals surface area (Å²) in [5.41, 5.74) is 2.92. The third-order valence-corrected chi connectivity index (χ3v) is 4.83. The molecule has 33 heavy (non-hydrogen) atoms. The Morgan fingerprint density at radius 3 is 2.79 bits per heavy atom. The molecule has 0 atom stereocenters. The van der Waals surface area contributed by atoms with Gasteiger partial charge in [0.2, 0.25) is 0 Å². The van der Waals surface area contributed by atoms with E-state index in [0.29, 0.717) is 49.2 Å². The van der Waals surface area contributed by atoms with Gasteiger partial charge >= 0.3 is 5.82 Å². The average molecular weight is 460 g/mol. The second-order valence-electron chi connectivity index (χ2n) is 6.99. The molecule has 1 aliphatic heterocycles. The molecule has 0 aliphatic carbocycles. The molecule has 0 spiro atoms. The standard InChI is InChI=1S/C20H24N6O7/c1-14-21-11-19(26(29)30)25(14)12-18(27)23-22-10-15-3-4-16(17(9-15)31-2)33-13-20(28)24-5-7-32-8-6-24/h3-4,9-11H,5-8,12-13H2,1-2H3,(H,23,27)/b22-10+. The Morgan fingerprint density at radius 1 is 1.33 bits per heavy atom. The SMILES string of the molecule is COc1cc(/C=N/NC(=O)Cn2c([N+](=O)[O-])cnc2C)ccc1OCC(=O)N1CCOCC1. The average Bonchev–Trinajstić information content (AvgIpc) is 3.18. The number of aryl methyl sites for hydroxylation is 1. The number of nitrogens with zero attached hydrogens (tertiary/aromatic N) is 5. The molecule has 1 saturated heterocycles. The molecular formula is C20H24N6O7. The molecule has 2 aromatic rings. The fourth-order valence-corrected chi connectivity index (χ4v) is 3.08. The van der Waals surface area contributed by atoms with Crippen molar-refractivity contribution in [2.75, 3.05) is 40.0 Å². The third kappa shape index (κ3) is 6.26. The van der Waals surface area contributed by atoms with E-state index in [1.807, 2.05) is 0 Å². The lowest BCUT2D eigenvalue weighted by Gasteiger charge is -2.26. The number of aromatic nitrogens is 2. The Hall–Kier alpha value is -4.00. The molecule has 176 valence electrons. The predicted octanol–water partition coefficient (Wildman–Crippen LogP) is 0.496. The molecule has 0 bridgehead atoms. The van der Waals surface area contributed by atoms with Crippen molar-refractivity contribution >= 4 is 23.8 Å². The number of nitrogens with one attached hydrogen (secondary N) is 1. The Labute approximate surface area is 189 Å². The summed E-state index contributed by atoms with van der Waals surface area (Å²) in [4.78, 5) is 40.3. The number of hydrogen-bond donors (Lipinski definition) is 1. The van der Waals surface area contributed by atoms with Crippen LogP contribution < -0.4 is 14.9 Å². The number of methoxy groups -OCH3 is 1. The fraction of sp³-hybridized carbons (Fsp3) is 0.400. The number of ether oxygens (including phenoxy) is 3. The maximum atomic E-state index is 12.2. The summed E-state index contributed by atoms with van der Waals surface area (Å²) >= 11 is 0. The minimum atomic E-state index is -0.610. The topological polar surface area (TPSA) is 150 Å². The van der Waals surface area contributed by atoms with Crippen LogP contribution in [0.25, 0.3) is 0 Å². The van der Waals surface area contributed by atoms with Crippen LogP contribution >= 0.6 is 0 Å². The first-order valence-corrected chi connectivity index (χ1v) is 10.0. The van der Waals surface area contributed by atoms with Gasteiger partial charge in [0.25, 0.3) is 11.8 Å². The quantitative estimate of drug-likeness (QED) is 0.323. The number of carbonyl (C=O) groups excluding carboxylic acids is 2. The molecule has 1 fully saturated rings. The van der Waals surface area contributed by atoms with Gasteiger partial charge in [-0.1, -0.05) is 0 Å². The van der Waals surface area contributed by atoms with Crippen molar-refractivity contribution in [1.29, 1.82) is 0 Å². The lowest BCUT2D eigenvalue weighted by Crippen LogP contribution is -2.43. The van der Waals surface area contributed by atoms with Gasteiger partial charge < -0.3 is 29.2 Å². The van der Waals surface area contributed by atoms with Gasteiger partial charge in [0.1, 0.15) is 6.20 Å². The normalized spacial score (nSPS) is 13.7. The number of hydrogen-bond acceptors (Lipinski definition) is 9. The molecule has 13 nitrogen and oxygen atoms in total. The van der Waals surface area contributed by atoms with Gasteiger partial charge in [-0.3, -0.25) is 9.59 Å². The van der Waals surface area contributed by atoms with E-state index in [2.05, 4.69) is 15.5 Å². The van der Waals surface area contributed by atoms with E-state index < -0.39 is 10.8 Å². The minimum Gasteiger partial charge on any atom is -0.493 e. The fourth-order valence-electron chi connectivity index (χ4n) is 3.08. The minimum absolute atomic E-state index is 0.125. The largest absolute Gasteiger partial charge is 0.493 e. The van der Waals surface area contributed by atoms with E-state index in [1.165, 1.54) is 17.9 Å². The molecule has 2 heterocycles. The highest BCUT2D eigenvalue weighted by Gasteiger charge is 2.20. The monoisotopic (exact) mass is 460 g/mol. The van der Waals surface area contributed by atoms with Gasteiger partial charge in [0.15, 0.2) is 30.5 Å². The molecule has 0 radical (unpaired) electrons. The van der Waals surface area contributed by atoms with Gasteiger partial charge in [-0.15, -0.1) is 0 Å². The van der Waals surface area contributed by atoms with Gasteiger partial charge in [-0.05, 0) is 28.7 Å². The summed E-state index contributed by atoms with van der Waals surface area (Å²) in [7, 11) is 1.47. The van der Waals surface area contributed by atoms with E-state index >= 15 is 0 Å². The molecule has 0 saturated carbocycles. The molecule has 1 aromatic carbocycles. The van der Waals surface area contributed by atoms with Crippen LogP contribution in [0.2, 0.25) is 0 Å². The second kappa shape index (κ2) is 11.0. The van der Waals surface area contributed by atoms with Crippen LogP contribution in [0.4, 0.5) is 5.82 Å². The van der Waals surface area contributed by atoms with Crippen molar-refractivity contribution in [3.05, 3.63) is 45.9 Å². The van der Waals surface area contributed by atoms with Crippen molar-refractivity contribution in [3.8, 4) is 11.5 Å².